The predicted octanol–water partition coefficient (Wildman–Crippen LogP) is 3.07. The number of aliphatic hydroxyl groups excluding tert-OH is 1. The molecule has 1 amide bonds. The van der Waals surface area contributed by atoms with Crippen LogP contribution in [0.3, 0.4) is 0 Å². The highest BCUT2D eigenvalue weighted by atomic mass is 35.5. The van der Waals surface area contributed by atoms with Gasteiger partial charge in [-0.2, -0.15) is 0 Å². The van der Waals surface area contributed by atoms with E-state index >= 15 is 0 Å². The zero-order chi connectivity index (χ0) is 14.3. The molecule has 0 spiro atoms. The molecule has 20 heavy (non-hydrogen) atoms. The van der Waals surface area contributed by atoms with Gasteiger partial charge in [-0.3, -0.25) is 4.79 Å². The maximum absolute atomic E-state index is 13.8. The Kier molecular flexibility index (Phi) is 3.50. The van der Waals surface area contributed by atoms with Crippen LogP contribution < -0.4 is 0 Å². The topological polar surface area (TPSA) is 40.5 Å². The molecule has 3 nitrogen and oxygen atoms in total. The Morgan fingerprint density at radius 1 is 1.55 bits per heavy atom. The number of fused-ring (bicyclic) bond motifs is 1. The monoisotopic (exact) mass is 311 g/mol. The molecule has 0 radical (unpaired) electrons. The summed E-state index contributed by atoms with van der Waals surface area (Å²) in [5, 5.41) is 9.69. The van der Waals surface area contributed by atoms with E-state index in [-0.39, 0.29) is 29.0 Å². The van der Waals surface area contributed by atoms with Gasteiger partial charge in [0.15, 0.2) is 0 Å². The molecule has 6 heteroatoms. The first-order chi connectivity index (χ1) is 9.63. The highest BCUT2D eigenvalue weighted by Gasteiger charge is 2.29. The van der Waals surface area contributed by atoms with Gasteiger partial charge in [-0.05, 0) is 12.1 Å². The van der Waals surface area contributed by atoms with Crippen molar-refractivity contribution in [3.63, 3.8) is 0 Å². The van der Waals surface area contributed by atoms with Crippen molar-refractivity contribution in [2.45, 2.75) is 6.04 Å². The third kappa shape index (κ3) is 2.02. The van der Waals surface area contributed by atoms with E-state index in [1.54, 1.807) is 18.2 Å². The molecule has 1 aromatic carbocycles. The van der Waals surface area contributed by atoms with E-state index in [1.807, 2.05) is 6.08 Å². The van der Waals surface area contributed by atoms with Crippen LogP contribution in [-0.4, -0.2) is 35.1 Å². The van der Waals surface area contributed by atoms with E-state index in [1.165, 1.54) is 22.3 Å². The van der Waals surface area contributed by atoms with Crippen LogP contribution in [0.4, 0.5) is 4.39 Å². The summed E-state index contributed by atoms with van der Waals surface area (Å²) in [5.41, 5.74) is 0. The number of thiophene rings is 1. The maximum atomic E-state index is 13.8. The minimum Gasteiger partial charge on any atom is -0.394 e. The largest absolute Gasteiger partial charge is 0.394 e. The van der Waals surface area contributed by atoms with Crippen molar-refractivity contribution in [3.8, 4) is 0 Å². The second-order valence-electron chi connectivity index (χ2n) is 4.49. The van der Waals surface area contributed by atoms with Gasteiger partial charge < -0.3 is 10.0 Å². The Labute approximate surface area is 123 Å². The van der Waals surface area contributed by atoms with Crippen LogP contribution in [0.2, 0.25) is 5.02 Å². The van der Waals surface area contributed by atoms with E-state index in [9.17, 15) is 14.3 Å². The molecule has 1 atom stereocenters. The summed E-state index contributed by atoms with van der Waals surface area (Å²) in [7, 11) is 0. The van der Waals surface area contributed by atoms with E-state index in [4.69, 9.17) is 11.6 Å². The summed E-state index contributed by atoms with van der Waals surface area (Å²) < 4.78 is 14.4. The van der Waals surface area contributed by atoms with Crippen LogP contribution in [0.25, 0.3) is 10.1 Å². The summed E-state index contributed by atoms with van der Waals surface area (Å²) in [4.78, 5) is 14.3. The Morgan fingerprint density at radius 2 is 2.35 bits per heavy atom. The van der Waals surface area contributed by atoms with Crippen LogP contribution >= 0.6 is 22.9 Å². The number of nitrogens with zero attached hydrogens (tertiary/aromatic N) is 1. The zero-order valence-corrected chi connectivity index (χ0v) is 11.9. The molecule has 0 aliphatic carbocycles. The van der Waals surface area contributed by atoms with Crippen molar-refractivity contribution in [3.05, 3.63) is 46.1 Å². The number of hydrogen-bond acceptors (Lipinski definition) is 3. The number of halogens is 2. The van der Waals surface area contributed by atoms with Crippen molar-refractivity contribution < 1.29 is 14.3 Å². The third-order valence-corrected chi connectivity index (χ3v) is 4.94. The molecule has 2 aromatic rings. The number of carbonyl (C=O) groups excluding carboxylic acids is 1. The highest BCUT2D eigenvalue weighted by molar-refractivity contribution is 7.21. The molecule has 1 aliphatic heterocycles. The molecule has 2 heterocycles. The summed E-state index contributed by atoms with van der Waals surface area (Å²) in [5.74, 6) is -0.708. The summed E-state index contributed by atoms with van der Waals surface area (Å²) in [6.07, 6.45) is 3.60. The lowest BCUT2D eigenvalue weighted by Crippen LogP contribution is -2.37. The summed E-state index contributed by atoms with van der Waals surface area (Å²) >= 11 is 7.34. The first kappa shape index (κ1) is 13.5. The third-order valence-electron chi connectivity index (χ3n) is 3.31. The lowest BCUT2D eigenvalue weighted by molar-refractivity contribution is 0.0705. The van der Waals surface area contributed by atoms with E-state index in [2.05, 4.69) is 0 Å². The van der Waals surface area contributed by atoms with Gasteiger partial charge in [0.1, 0.15) is 10.7 Å². The molecule has 3 rings (SSSR count). The van der Waals surface area contributed by atoms with Crippen LogP contribution in [0.1, 0.15) is 9.67 Å². The zero-order valence-electron chi connectivity index (χ0n) is 10.3. The minimum atomic E-state index is -0.430. The molecule has 1 aliphatic rings. The maximum Gasteiger partial charge on any atom is 0.266 e. The normalized spacial score (nSPS) is 18.1. The molecule has 0 saturated heterocycles. The standard InChI is InChI=1S/C14H11ClFNO2S/c15-12-11-9(16)4-1-5-10(11)20-13(12)14(19)17-6-2-3-8(17)7-18/h1-5,8,18H,6-7H2/t8-/m1/s1. The smallest absolute Gasteiger partial charge is 0.266 e. The van der Waals surface area contributed by atoms with Gasteiger partial charge in [-0.25, -0.2) is 4.39 Å². The quantitative estimate of drug-likeness (QED) is 0.866. The average Bonchev–Trinajstić information content (AvgIpc) is 3.03. The van der Waals surface area contributed by atoms with Crippen molar-refractivity contribution in [1.82, 2.24) is 4.90 Å². The SMILES string of the molecule is O=C(c1sc2cccc(F)c2c1Cl)N1CC=C[C@@H]1CO. The van der Waals surface area contributed by atoms with Crippen molar-refractivity contribution in [2.24, 2.45) is 0 Å². The minimum absolute atomic E-state index is 0.140. The summed E-state index contributed by atoms with van der Waals surface area (Å²) in [6, 6.07) is 4.31. The number of rotatable bonds is 2. The molecular formula is C14H11ClFNO2S. The summed E-state index contributed by atoms with van der Waals surface area (Å²) in [6.45, 7) is 0.288. The van der Waals surface area contributed by atoms with E-state index in [0.29, 0.717) is 16.1 Å². The molecular weight excluding hydrogens is 301 g/mol. The van der Waals surface area contributed by atoms with Crippen molar-refractivity contribution in [2.75, 3.05) is 13.2 Å². The number of aliphatic hydroxyl groups is 1. The number of benzene rings is 1. The van der Waals surface area contributed by atoms with E-state index in [0.717, 1.165) is 0 Å². The number of amides is 1. The van der Waals surface area contributed by atoms with Crippen LogP contribution in [0, 0.1) is 5.82 Å². The second-order valence-corrected chi connectivity index (χ2v) is 5.92. The lowest BCUT2D eigenvalue weighted by atomic mass is 10.2. The molecule has 0 unspecified atom stereocenters. The van der Waals surface area contributed by atoms with Gasteiger partial charge in [0.2, 0.25) is 0 Å². The molecule has 0 saturated carbocycles. The van der Waals surface area contributed by atoms with Crippen LogP contribution in [-0.2, 0) is 0 Å². The van der Waals surface area contributed by atoms with Crippen LogP contribution in [0.15, 0.2) is 30.4 Å². The highest BCUT2D eigenvalue weighted by Crippen LogP contribution is 2.38. The Balaban J connectivity index is 2.04. The average molecular weight is 312 g/mol. The predicted molar refractivity (Wildman–Crippen MR) is 77.8 cm³/mol. The van der Waals surface area contributed by atoms with Crippen molar-refractivity contribution in [1.29, 1.82) is 0 Å². The molecule has 0 bridgehead atoms. The molecule has 104 valence electrons. The Morgan fingerprint density at radius 3 is 3.05 bits per heavy atom. The van der Waals surface area contributed by atoms with Crippen LogP contribution in [0.5, 0.6) is 0 Å². The van der Waals surface area contributed by atoms with Gasteiger partial charge in [-0.1, -0.05) is 29.8 Å². The molecule has 1 aromatic heterocycles. The number of hydrogen-bond donors (Lipinski definition) is 1. The first-order valence-electron chi connectivity index (χ1n) is 6.08. The second kappa shape index (κ2) is 5.16. The van der Waals surface area contributed by atoms with Gasteiger partial charge in [-0.15, -0.1) is 11.3 Å². The molecule has 0 fully saturated rings. The fraction of sp³-hybridized carbons (Fsp3) is 0.214. The van der Waals surface area contributed by atoms with E-state index < -0.39 is 5.82 Å². The fourth-order valence-electron chi connectivity index (χ4n) is 2.30. The Hall–Kier alpha value is -1.43. The fourth-order valence-corrected chi connectivity index (χ4v) is 3.81. The van der Waals surface area contributed by atoms with Crippen molar-refractivity contribution >= 4 is 38.9 Å². The van der Waals surface area contributed by atoms with Gasteiger partial charge >= 0.3 is 0 Å². The van der Waals surface area contributed by atoms with Gasteiger partial charge in [0.05, 0.1) is 17.7 Å². The lowest BCUT2D eigenvalue weighted by Gasteiger charge is -2.22. The first-order valence-corrected chi connectivity index (χ1v) is 7.28. The van der Waals surface area contributed by atoms with Gasteiger partial charge in [0.25, 0.3) is 5.91 Å². The molecule has 1 N–H and O–H groups in total. The Bertz CT molecular complexity index is 713. The number of carbonyl (C=O) groups is 1. The van der Waals surface area contributed by atoms with Gasteiger partial charge in [0, 0.05) is 16.6 Å².